The fraction of sp³-hybridized carbons (Fsp3) is 1.00. The fourth-order valence-corrected chi connectivity index (χ4v) is 4.27. The molecule has 0 aromatic heterocycles. The molecule has 2 rings (SSSR count). The zero-order chi connectivity index (χ0) is 11.9. The molecule has 1 N–H and O–H groups in total. The highest BCUT2D eigenvalue weighted by Gasteiger charge is 2.42. The van der Waals surface area contributed by atoms with Gasteiger partial charge in [0.1, 0.15) is 0 Å². The lowest BCUT2D eigenvalue weighted by atomic mass is 9.80. The van der Waals surface area contributed by atoms with Crippen LogP contribution in [0.2, 0.25) is 0 Å². The van der Waals surface area contributed by atoms with Crippen molar-refractivity contribution in [2.45, 2.75) is 19.8 Å². The van der Waals surface area contributed by atoms with Crippen molar-refractivity contribution in [3.8, 4) is 0 Å². The maximum absolute atomic E-state index is 11.4. The Labute approximate surface area is 110 Å². The SMILES string of the molecule is CC1(CO)CC[N+]2(CC1)CCS(=O)(=O)CC2.[Cl-]. The molecule has 0 radical (unpaired) electrons. The Morgan fingerprint density at radius 1 is 1.12 bits per heavy atom. The molecule has 0 aromatic carbocycles. The summed E-state index contributed by atoms with van der Waals surface area (Å²) in [4.78, 5) is 0. The standard InChI is InChI=1S/C11H22NO3S.ClH/c1-11(10-13)2-4-12(5-3-11)6-8-16(14,15)9-7-12;/h13H,2-10H2,1H3;1H/q+1;/p-1. The number of piperidine rings is 1. The van der Waals surface area contributed by atoms with Gasteiger partial charge in [-0.15, -0.1) is 0 Å². The van der Waals surface area contributed by atoms with E-state index < -0.39 is 9.84 Å². The van der Waals surface area contributed by atoms with Crippen molar-refractivity contribution in [3.05, 3.63) is 0 Å². The van der Waals surface area contributed by atoms with Crippen LogP contribution in [0.4, 0.5) is 0 Å². The first-order chi connectivity index (χ1) is 7.39. The number of aliphatic hydroxyl groups excluding tert-OH is 1. The third-order valence-corrected chi connectivity index (χ3v) is 6.12. The van der Waals surface area contributed by atoms with Crippen molar-refractivity contribution < 1.29 is 30.4 Å². The predicted octanol–water partition coefficient (Wildman–Crippen LogP) is -2.97. The highest BCUT2D eigenvalue weighted by atomic mass is 35.5. The average Bonchev–Trinajstić information content (AvgIpc) is 2.27. The van der Waals surface area contributed by atoms with Gasteiger partial charge in [0.25, 0.3) is 0 Å². The van der Waals surface area contributed by atoms with Gasteiger partial charge in [0.15, 0.2) is 9.84 Å². The van der Waals surface area contributed by atoms with Crippen molar-refractivity contribution in [2.24, 2.45) is 5.41 Å². The Hall–Kier alpha value is 0.160. The van der Waals surface area contributed by atoms with E-state index in [2.05, 4.69) is 6.92 Å². The zero-order valence-corrected chi connectivity index (χ0v) is 11.9. The van der Waals surface area contributed by atoms with Gasteiger partial charge in [0, 0.05) is 24.9 Å². The minimum Gasteiger partial charge on any atom is -1.00 e. The van der Waals surface area contributed by atoms with Crippen LogP contribution in [0.3, 0.4) is 0 Å². The van der Waals surface area contributed by atoms with Crippen LogP contribution < -0.4 is 12.4 Å². The third kappa shape index (κ3) is 3.34. The first-order valence-electron chi connectivity index (χ1n) is 6.05. The lowest BCUT2D eigenvalue weighted by Gasteiger charge is -2.48. The minimum atomic E-state index is -2.76. The van der Waals surface area contributed by atoms with Gasteiger partial charge in [-0.2, -0.15) is 0 Å². The molecule has 102 valence electrons. The van der Waals surface area contributed by atoms with Crippen LogP contribution in [-0.4, -0.2) is 62.3 Å². The van der Waals surface area contributed by atoms with E-state index in [1.807, 2.05) is 0 Å². The second-order valence-electron chi connectivity index (χ2n) is 5.86. The molecule has 0 amide bonds. The normalized spacial score (nSPS) is 29.5. The van der Waals surface area contributed by atoms with Gasteiger partial charge in [0.2, 0.25) is 0 Å². The van der Waals surface area contributed by atoms with Crippen molar-refractivity contribution in [3.63, 3.8) is 0 Å². The lowest BCUT2D eigenvalue weighted by Crippen LogP contribution is -3.00. The Kier molecular flexibility index (Phi) is 4.51. The monoisotopic (exact) mass is 283 g/mol. The molecule has 2 fully saturated rings. The van der Waals surface area contributed by atoms with E-state index in [0.717, 1.165) is 43.5 Å². The molecule has 2 heterocycles. The maximum atomic E-state index is 11.4. The van der Waals surface area contributed by atoms with Crippen LogP contribution in [0, 0.1) is 5.41 Å². The summed E-state index contributed by atoms with van der Waals surface area (Å²) >= 11 is 0. The topological polar surface area (TPSA) is 54.4 Å². The van der Waals surface area contributed by atoms with E-state index in [1.54, 1.807) is 0 Å². The fourth-order valence-electron chi connectivity index (χ4n) is 2.74. The second kappa shape index (κ2) is 5.03. The summed E-state index contributed by atoms with van der Waals surface area (Å²) in [6, 6.07) is 0. The molecule has 0 unspecified atom stereocenters. The number of hydrogen-bond donors (Lipinski definition) is 1. The highest BCUT2D eigenvalue weighted by molar-refractivity contribution is 7.91. The molecule has 0 atom stereocenters. The van der Waals surface area contributed by atoms with Crippen LogP contribution in [0.1, 0.15) is 19.8 Å². The molecule has 17 heavy (non-hydrogen) atoms. The van der Waals surface area contributed by atoms with Gasteiger partial charge in [-0.05, 0) is 0 Å². The van der Waals surface area contributed by atoms with Gasteiger partial charge in [0.05, 0.1) is 37.7 Å². The molecular weight excluding hydrogens is 262 g/mol. The van der Waals surface area contributed by atoms with Crippen LogP contribution in [0.5, 0.6) is 0 Å². The number of sulfone groups is 1. The average molecular weight is 284 g/mol. The van der Waals surface area contributed by atoms with Gasteiger partial charge in [-0.1, -0.05) is 6.92 Å². The first kappa shape index (κ1) is 15.2. The first-order valence-corrected chi connectivity index (χ1v) is 7.87. The van der Waals surface area contributed by atoms with E-state index in [1.165, 1.54) is 0 Å². The number of hydrogen-bond acceptors (Lipinski definition) is 3. The third-order valence-electron chi connectivity index (χ3n) is 4.51. The van der Waals surface area contributed by atoms with E-state index in [4.69, 9.17) is 0 Å². The summed E-state index contributed by atoms with van der Waals surface area (Å²) in [7, 11) is -2.76. The van der Waals surface area contributed by atoms with Crippen molar-refractivity contribution in [1.29, 1.82) is 0 Å². The van der Waals surface area contributed by atoms with Crippen LogP contribution in [-0.2, 0) is 9.84 Å². The summed E-state index contributed by atoms with van der Waals surface area (Å²) in [5.74, 6) is 0.700. The Morgan fingerprint density at radius 2 is 1.59 bits per heavy atom. The maximum Gasteiger partial charge on any atom is 0.161 e. The number of halogens is 1. The molecule has 4 nitrogen and oxygen atoms in total. The summed E-state index contributed by atoms with van der Waals surface area (Å²) in [6.07, 6.45) is 2.03. The number of nitrogens with zero attached hydrogens (tertiary/aromatic N) is 1. The smallest absolute Gasteiger partial charge is 0.161 e. The quantitative estimate of drug-likeness (QED) is 0.523. The number of quaternary nitrogens is 1. The molecule has 2 saturated heterocycles. The molecule has 0 aromatic rings. The molecular formula is C11H22ClNO3S. The van der Waals surface area contributed by atoms with E-state index in [9.17, 15) is 13.5 Å². The Morgan fingerprint density at radius 3 is 2.00 bits per heavy atom. The molecule has 2 aliphatic heterocycles. The summed E-state index contributed by atoms with van der Waals surface area (Å²) in [6.45, 7) is 6.02. The predicted molar refractivity (Wildman–Crippen MR) is 62.8 cm³/mol. The molecule has 0 aliphatic carbocycles. The zero-order valence-electron chi connectivity index (χ0n) is 10.4. The van der Waals surface area contributed by atoms with E-state index in [-0.39, 0.29) is 24.4 Å². The summed E-state index contributed by atoms with van der Waals surface area (Å²) in [5.41, 5.74) is 0.0693. The Bertz CT molecular complexity index is 345. The molecule has 1 spiro atoms. The molecule has 0 bridgehead atoms. The van der Waals surface area contributed by atoms with Crippen LogP contribution >= 0.6 is 0 Å². The number of aliphatic hydroxyl groups is 1. The van der Waals surface area contributed by atoms with Crippen LogP contribution in [0.15, 0.2) is 0 Å². The van der Waals surface area contributed by atoms with Crippen LogP contribution in [0.25, 0.3) is 0 Å². The molecule has 0 saturated carbocycles. The van der Waals surface area contributed by atoms with Gasteiger partial charge >= 0.3 is 0 Å². The van der Waals surface area contributed by atoms with Crippen molar-refractivity contribution in [1.82, 2.24) is 0 Å². The number of rotatable bonds is 1. The van der Waals surface area contributed by atoms with Crippen molar-refractivity contribution >= 4 is 9.84 Å². The van der Waals surface area contributed by atoms with Gasteiger partial charge < -0.3 is 22.0 Å². The van der Waals surface area contributed by atoms with E-state index in [0.29, 0.717) is 11.5 Å². The Balaban J connectivity index is 0.00000144. The van der Waals surface area contributed by atoms with E-state index >= 15 is 0 Å². The second-order valence-corrected chi connectivity index (χ2v) is 8.16. The lowest BCUT2D eigenvalue weighted by molar-refractivity contribution is -0.931. The minimum absolute atomic E-state index is 0. The molecule has 2 aliphatic rings. The highest BCUT2D eigenvalue weighted by Crippen LogP contribution is 2.34. The molecule has 6 heteroatoms. The summed E-state index contributed by atoms with van der Waals surface area (Å²) < 4.78 is 23.8. The largest absolute Gasteiger partial charge is 1.00 e. The summed E-state index contributed by atoms with van der Waals surface area (Å²) in [5, 5.41) is 9.32. The van der Waals surface area contributed by atoms with Gasteiger partial charge in [-0.25, -0.2) is 8.42 Å². The van der Waals surface area contributed by atoms with Crippen molar-refractivity contribution in [2.75, 3.05) is 44.3 Å². The van der Waals surface area contributed by atoms with Gasteiger partial charge in [-0.3, -0.25) is 0 Å².